The Morgan fingerprint density at radius 2 is 2.13 bits per heavy atom. The van der Waals surface area contributed by atoms with Gasteiger partial charge in [0, 0.05) is 17.4 Å². The molecular formula is C17H20NNaO3S. The average molecular weight is 341 g/mol. The quantitative estimate of drug-likeness (QED) is 0.657. The number of hydrogen-bond donors (Lipinski definition) is 0. The van der Waals surface area contributed by atoms with Crippen LogP contribution in [0, 0.1) is 12.8 Å². The molecule has 23 heavy (non-hydrogen) atoms. The Bertz CT molecular complexity index is 655. The van der Waals surface area contributed by atoms with E-state index in [1.807, 2.05) is 19.1 Å². The Morgan fingerprint density at radius 1 is 1.39 bits per heavy atom. The fraction of sp³-hybridized carbons (Fsp3) is 0.412. The summed E-state index contributed by atoms with van der Waals surface area (Å²) in [5, 5.41) is 13.1. The van der Waals surface area contributed by atoms with Crippen LogP contribution in [0.15, 0.2) is 23.6 Å². The van der Waals surface area contributed by atoms with Gasteiger partial charge in [0.1, 0.15) is 5.75 Å². The van der Waals surface area contributed by atoms with E-state index in [4.69, 9.17) is 4.74 Å². The number of ether oxygens (including phenoxy) is 1. The van der Waals surface area contributed by atoms with Crippen molar-refractivity contribution in [3.63, 3.8) is 0 Å². The van der Waals surface area contributed by atoms with Crippen LogP contribution in [0.4, 0.5) is 0 Å². The number of nitrogens with zero attached hydrogens (tertiary/aromatic N) is 1. The van der Waals surface area contributed by atoms with Crippen molar-refractivity contribution in [3.8, 4) is 5.75 Å². The van der Waals surface area contributed by atoms with Crippen molar-refractivity contribution >= 4 is 17.3 Å². The number of aryl methyl sites for hydroxylation is 1. The number of carbonyl (C=O) groups excluding carboxylic acids is 1. The van der Waals surface area contributed by atoms with Gasteiger partial charge in [0.25, 0.3) is 0 Å². The number of aromatic carboxylic acids is 1. The molecular weight excluding hydrogens is 321 g/mol. The molecule has 118 valence electrons. The SMILES string of the molecule is Cc1ccc(OCCC(C)C)c(Cc2nc(C(=O)[O-])cs2)c1.[Na+]. The zero-order valence-electron chi connectivity index (χ0n) is 14.1. The number of carbonyl (C=O) groups is 1. The molecule has 0 unspecified atom stereocenters. The second-order valence-corrected chi connectivity index (χ2v) is 6.68. The molecule has 0 aliphatic carbocycles. The zero-order chi connectivity index (χ0) is 16.1. The third kappa shape index (κ3) is 6.26. The molecule has 6 heteroatoms. The first-order valence-corrected chi connectivity index (χ1v) is 8.21. The molecule has 0 aliphatic rings. The summed E-state index contributed by atoms with van der Waals surface area (Å²) in [5.74, 6) is 0.204. The smallest absolute Gasteiger partial charge is 0.543 e. The molecule has 2 aromatic rings. The third-order valence-corrected chi connectivity index (χ3v) is 4.12. The summed E-state index contributed by atoms with van der Waals surface area (Å²) < 4.78 is 5.88. The predicted octanol–water partition coefficient (Wildman–Crippen LogP) is -0.165. The summed E-state index contributed by atoms with van der Waals surface area (Å²) >= 11 is 1.33. The van der Waals surface area contributed by atoms with Crippen LogP contribution in [0.1, 0.15) is 46.9 Å². The predicted molar refractivity (Wildman–Crippen MR) is 85.4 cm³/mol. The van der Waals surface area contributed by atoms with Gasteiger partial charge in [0.05, 0.1) is 23.3 Å². The number of carboxylic acids is 1. The number of aromatic nitrogens is 1. The minimum Gasteiger partial charge on any atom is -0.543 e. The number of thiazole rings is 1. The Kier molecular flexibility index (Phi) is 8.26. The van der Waals surface area contributed by atoms with Gasteiger partial charge in [-0.3, -0.25) is 0 Å². The van der Waals surface area contributed by atoms with Gasteiger partial charge >= 0.3 is 29.6 Å². The fourth-order valence-corrected chi connectivity index (χ4v) is 2.83. The van der Waals surface area contributed by atoms with Gasteiger partial charge in [-0.15, -0.1) is 11.3 Å². The number of benzene rings is 1. The zero-order valence-corrected chi connectivity index (χ0v) is 16.9. The maximum absolute atomic E-state index is 10.8. The second kappa shape index (κ2) is 9.42. The molecule has 0 amide bonds. The van der Waals surface area contributed by atoms with Crippen molar-refractivity contribution < 1.29 is 44.2 Å². The first-order valence-electron chi connectivity index (χ1n) is 7.33. The monoisotopic (exact) mass is 341 g/mol. The molecule has 0 bridgehead atoms. The van der Waals surface area contributed by atoms with E-state index in [9.17, 15) is 9.90 Å². The van der Waals surface area contributed by atoms with Gasteiger partial charge in [0.2, 0.25) is 0 Å². The van der Waals surface area contributed by atoms with Crippen LogP contribution in [0.3, 0.4) is 0 Å². The molecule has 0 saturated carbocycles. The Labute approximate surface area is 163 Å². The van der Waals surface area contributed by atoms with Gasteiger partial charge in [-0.2, -0.15) is 0 Å². The molecule has 0 spiro atoms. The molecule has 1 heterocycles. The summed E-state index contributed by atoms with van der Waals surface area (Å²) in [5.41, 5.74) is 2.17. The summed E-state index contributed by atoms with van der Waals surface area (Å²) in [6.45, 7) is 7.03. The second-order valence-electron chi connectivity index (χ2n) is 5.73. The Balaban J connectivity index is 0.00000264. The molecule has 4 nitrogen and oxygen atoms in total. The van der Waals surface area contributed by atoms with Crippen LogP contribution >= 0.6 is 11.3 Å². The molecule has 0 N–H and O–H groups in total. The van der Waals surface area contributed by atoms with E-state index in [2.05, 4.69) is 24.9 Å². The Morgan fingerprint density at radius 3 is 2.74 bits per heavy atom. The molecule has 0 fully saturated rings. The fourth-order valence-electron chi connectivity index (χ4n) is 2.04. The first kappa shape index (κ1) is 20.2. The summed E-state index contributed by atoms with van der Waals surface area (Å²) in [6.07, 6.45) is 1.57. The van der Waals surface area contributed by atoms with Crippen LogP contribution in [0.25, 0.3) is 0 Å². The average Bonchev–Trinajstić information content (AvgIpc) is 2.89. The molecule has 0 saturated heterocycles. The molecule has 1 aromatic carbocycles. The van der Waals surface area contributed by atoms with Gasteiger partial charge in [-0.25, -0.2) is 4.98 Å². The topological polar surface area (TPSA) is 62.2 Å². The van der Waals surface area contributed by atoms with Crippen molar-refractivity contribution in [2.75, 3.05) is 6.61 Å². The maximum atomic E-state index is 10.8. The maximum Gasteiger partial charge on any atom is 1.00 e. The van der Waals surface area contributed by atoms with Crippen molar-refractivity contribution in [2.24, 2.45) is 5.92 Å². The van der Waals surface area contributed by atoms with Crippen LogP contribution in [-0.2, 0) is 6.42 Å². The minimum absolute atomic E-state index is 0. The Hall–Kier alpha value is -0.880. The number of rotatable bonds is 7. The van der Waals surface area contributed by atoms with Gasteiger partial charge < -0.3 is 14.6 Å². The first-order chi connectivity index (χ1) is 10.5. The van der Waals surface area contributed by atoms with Crippen LogP contribution < -0.4 is 39.4 Å². The van der Waals surface area contributed by atoms with E-state index in [0.717, 1.165) is 28.3 Å². The molecule has 0 atom stereocenters. The summed E-state index contributed by atoms with van der Waals surface area (Å²) in [4.78, 5) is 14.9. The van der Waals surface area contributed by atoms with Crippen molar-refractivity contribution in [1.29, 1.82) is 0 Å². The molecule has 0 radical (unpaired) electrons. The standard InChI is InChI=1S/C17H21NO3S.Na/c1-11(2)6-7-21-15-5-4-12(3)8-13(15)9-16-18-14(10-22-16)17(19)20;/h4-5,8,10-11H,6-7,9H2,1-3H3,(H,19,20);/q;+1/p-1. The van der Waals surface area contributed by atoms with Crippen molar-refractivity contribution in [3.05, 3.63) is 45.4 Å². The normalized spacial score (nSPS) is 10.4. The van der Waals surface area contributed by atoms with Gasteiger partial charge in [-0.05, 0) is 25.3 Å². The van der Waals surface area contributed by atoms with E-state index >= 15 is 0 Å². The van der Waals surface area contributed by atoms with E-state index < -0.39 is 5.97 Å². The summed E-state index contributed by atoms with van der Waals surface area (Å²) in [7, 11) is 0. The number of hydrogen-bond acceptors (Lipinski definition) is 5. The molecule has 2 rings (SSSR count). The summed E-state index contributed by atoms with van der Waals surface area (Å²) in [6, 6.07) is 6.05. The van der Waals surface area contributed by atoms with E-state index in [1.165, 1.54) is 16.7 Å². The van der Waals surface area contributed by atoms with E-state index in [1.54, 1.807) is 0 Å². The minimum atomic E-state index is -1.24. The van der Waals surface area contributed by atoms with Crippen LogP contribution in [-0.4, -0.2) is 17.6 Å². The third-order valence-electron chi connectivity index (χ3n) is 3.27. The van der Waals surface area contributed by atoms with Crippen LogP contribution in [0.2, 0.25) is 0 Å². The van der Waals surface area contributed by atoms with E-state index in [-0.39, 0.29) is 35.3 Å². The molecule has 0 aliphatic heterocycles. The number of carboxylic acid groups (broad SMARTS) is 1. The molecule has 1 aromatic heterocycles. The van der Waals surface area contributed by atoms with Gasteiger partial charge in [0.15, 0.2) is 0 Å². The largest absolute Gasteiger partial charge is 1.00 e. The van der Waals surface area contributed by atoms with Crippen molar-refractivity contribution in [2.45, 2.75) is 33.6 Å². The van der Waals surface area contributed by atoms with E-state index in [0.29, 0.717) is 18.9 Å². The van der Waals surface area contributed by atoms with Crippen molar-refractivity contribution in [1.82, 2.24) is 4.98 Å². The van der Waals surface area contributed by atoms with Gasteiger partial charge in [-0.1, -0.05) is 31.5 Å². The van der Waals surface area contributed by atoms with Crippen LogP contribution in [0.5, 0.6) is 5.75 Å².